The van der Waals surface area contributed by atoms with Crippen LogP contribution in [-0.2, 0) is 12.8 Å². The number of rotatable bonds is 9. The van der Waals surface area contributed by atoms with Crippen molar-refractivity contribution in [3.05, 3.63) is 71.3 Å². The molecule has 0 aromatic heterocycles. The molecule has 0 aliphatic carbocycles. The molecule has 158 valence electrons. The maximum absolute atomic E-state index is 12.0. The van der Waals surface area contributed by atoms with Crippen LogP contribution in [0.3, 0.4) is 0 Å². The van der Waals surface area contributed by atoms with Crippen LogP contribution in [0.25, 0.3) is 0 Å². The lowest BCUT2D eigenvalue weighted by Crippen LogP contribution is -2.58. The average molecular weight is 399 g/mol. The zero-order valence-electron chi connectivity index (χ0n) is 17.9. The largest absolute Gasteiger partial charge is 0.465 e. The standard InChI is InChI=1S/C24H34N2O3/c1-18-10-8-9-13-20(18)14-15-25-17-22(27)21(16-19-11-6-5-7-12-19)26(23(28)29)24(2,3)4/h5-13,21-22,25,27H,14-17H2,1-4H3,(H,28,29)/t21-,22-/m0/s1. The van der Waals surface area contributed by atoms with E-state index in [4.69, 9.17) is 0 Å². The van der Waals surface area contributed by atoms with Crippen LogP contribution in [0, 0.1) is 6.92 Å². The van der Waals surface area contributed by atoms with Gasteiger partial charge in [0.25, 0.3) is 0 Å². The van der Waals surface area contributed by atoms with Gasteiger partial charge in [-0.2, -0.15) is 0 Å². The van der Waals surface area contributed by atoms with E-state index in [-0.39, 0.29) is 0 Å². The van der Waals surface area contributed by atoms with E-state index in [1.54, 1.807) is 0 Å². The fraction of sp³-hybridized carbons (Fsp3) is 0.458. The molecule has 0 fully saturated rings. The van der Waals surface area contributed by atoms with Crippen molar-refractivity contribution in [1.82, 2.24) is 10.2 Å². The van der Waals surface area contributed by atoms with E-state index in [1.165, 1.54) is 16.0 Å². The topological polar surface area (TPSA) is 72.8 Å². The van der Waals surface area contributed by atoms with Crippen LogP contribution < -0.4 is 5.32 Å². The van der Waals surface area contributed by atoms with E-state index < -0.39 is 23.8 Å². The van der Waals surface area contributed by atoms with Crippen LogP contribution in [0.5, 0.6) is 0 Å². The molecule has 1 amide bonds. The Labute approximate surface area is 174 Å². The van der Waals surface area contributed by atoms with E-state index in [2.05, 4.69) is 24.4 Å². The minimum absolute atomic E-state index is 0.337. The molecule has 3 N–H and O–H groups in total. The van der Waals surface area contributed by atoms with Crippen LogP contribution in [0.15, 0.2) is 54.6 Å². The number of amides is 1. The normalized spacial score (nSPS) is 13.7. The van der Waals surface area contributed by atoms with Crippen LogP contribution in [-0.4, -0.2) is 52.0 Å². The van der Waals surface area contributed by atoms with E-state index in [0.29, 0.717) is 13.0 Å². The van der Waals surface area contributed by atoms with E-state index in [9.17, 15) is 15.0 Å². The fourth-order valence-corrected chi connectivity index (χ4v) is 3.68. The minimum atomic E-state index is -1.02. The van der Waals surface area contributed by atoms with Crippen molar-refractivity contribution in [2.75, 3.05) is 13.1 Å². The number of nitrogens with one attached hydrogen (secondary N) is 1. The second-order valence-corrected chi connectivity index (χ2v) is 8.53. The number of aliphatic hydroxyl groups is 1. The van der Waals surface area contributed by atoms with Gasteiger partial charge in [0, 0.05) is 12.1 Å². The summed E-state index contributed by atoms with van der Waals surface area (Å²) in [6, 6.07) is 17.4. The number of benzene rings is 2. The van der Waals surface area contributed by atoms with E-state index in [0.717, 1.165) is 18.5 Å². The van der Waals surface area contributed by atoms with Crippen molar-refractivity contribution in [1.29, 1.82) is 0 Å². The molecule has 2 aromatic rings. The number of carbonyl (C=O) groups is 1. The zero-order valence-corrected chi connectivity index (χ0v) is 17.9. The monoisotopic (exact) mass is 398 g/mol. The van der Waals surface area contributed by atoms with Crippen molar-refractivity contribution in [3.8, 4) is 0 Å². The Morgan fingerprint density at radius 2 is 1.69 bits per heavy atom. The Kier molecular flexibility index (Phi) is 8.23. The van der Waals surface area contributed by atoms with Gasteiger partial charge in [-0.25, -0.2) is 4.79 Å². The first-order valence-corrected chi connectivity index (χ1v) is 10.2. The summed E-state index contributed by atoms with van der Waals surface area (Å²) >= 11 is 0. The number of carboxylic acid groups (broad SMARTS) is 1. The summed E-state index contributed by atoms with van der Waals surface area (Å²) in [4.78, 5) is 13.4. The highest BCUT2D eigenvalue weighted by atomic mass is 16.4. The quantitative estimate of drug-likeness (QED) is 0.561. The molecule has 0 radical (unpaired) electrons. The number of hydrogen-bond acceptors (Lipinski definition) is 3. The van der Waals surface area contributed by atoms with Gasteiger partial charge in [0.1, 0.15) is 0 Å². The molecule has 0 unspecified atom stereocenters. The van der Waals surface area contributed by atoms with Gasteiger partial charge in [-0.15, -0.1) is 0 Å². The van der Waals surface area contributed by atoms with Crippen molar-refractivity contribution >= 4 is 6.09 Å². The molecule has 0 heterocycles. The van der Waals surface area contributed by atoms with Gasteiger partial charge in [0.2, 0.25) is 0 Å². The molecule has 2 rings (SSSR count). The molecule has 0 aliphatic heterocycles. The van der Waals surface area contributed by atoms with Gasteiger partial charge in [-0.1, -0.05) is 54.6 Å². The van der Waals surface area contributed by atoms with Gasteiger partial charge in [0.15, 0.2) is 0 Å². The summed E-state index contributed by atoms with van der Waals surface area (Å²) < 4.78 is 0. The van der Waals surface area contributed by atoms with Gasteiger partial charge in [-0.05, 0) is 63.8 Å². The second kappa shape index (κ2) is 10.4. The minimum Gasteiger partial charge on any atom is -0.465 e. The lowest BCUT2D eigenvalue weighted by atomic mass is 9.94. The average Bonchev–Trinajstić information content (AvgIpc) is 2.65. The Morgan fingerprint density at radius 3 is 2.28 bits per heavy atom. The van der Waals surface area contributed by atoms with Gasteiger partial charge in [0.05, 0.1) is 12.1 Å². The summed E-state index contributed by atoms with van der Waals surface area (Å²) in [7, 11) is 0. The van der Waals surface area contributed by atoms with Crippen LogP contribution in [0.4, 0.5) is 4.79 Å². The smallest absolute Gasteiger partial charge is 0.408 e. The first-order valence-electron chi connectivity index (χ1n) is 10.2. The maximum atomic E-state index is 12.0. The molecule has 29 heavy (non-hydrogen) atoms. The van der Waals surface area contributed by atoms with Crippen LogP contribution in [0.1, 0.15) is 37.5 Å². The Hall–Kier alpha value is -2.37. The maximum Gasteiger partial charge on any atom is 0.408 e. The Balaban J connectivity index is 2.06. The molecular weight excluding hydrogens is 364 g/mol. The summed E-state index contributed by atoms with van der Waals surface area (Å²) in [6.45, 7) is 8.73. The summed E-state index contributed by atoms with van der Waals surface area (Å²) in [6.07, 6.45) is -0.504. The molecule has 0 spiro atoms. The number of aryl methyl sites for hydroxylation is 1. The van der Waals surface area contributed by atoms with Crippen molar-refractivity contribution < 1.29 is 15.0 Å². The first-order chi connectivity index (χ1) is 13.7. The number of aliphatic hydroxyl groups excluding tert-OH is 1. The summed E-state index contributed by atoms with van der Waals surface area (Å²) in [5.74, 6) is 0. The lowest BCUT2D eigenvalue weighted by molar-refractivity contribution is 0.00792. The van der Waals surface area contributed by atoms with Crippen molar-refractivity contribution in [2.45, 2.75) is 58.2 Å². The predicted octanol–water partition coefficient (Wildman–Crippen LogP) is 3.88. The lowest BCUT2D eigenvalue weighted by Gasteiger charge is -2.42. The van der Waals surface area contributed by atoms with E-state index >= 15 is 0 Å². The SMILES string of the molecule is Cc1ccccc1CCNC[C@H](O)[C@H](Cc1ccccc1)N(C(=O)O)C(C)(C)C. The Bertz CT molecular complexity index is 771. The molecule has 0 saturated heterocycles. The molecule has 0 saturated carbocycles. The molecule has 2 atom stereocenters. The van der Waals surface area contributed by atoms with Crippen molar-refractivity contribution in [2.24, 2.45) is 0 Å². The second-order valence-electron chi connectivity index (χ2n) is 8.53. The summed E-state index contributed by atoms with van der Waals surface area (Å²) in [5.41, 5.74) is 2.92. The highest BCUT2D eigenvalue weighted by Gasteiger charge is 2.37. The van der Waals surface area contributed by atoms with Gasteiger partial charge in [-0.3, -0.25) is 4.90 Å². The van der Waals surface area contributed by atoms with Crippen molar-refractivity contribution in [3.63, 3.8) is 0 Å². The van der Waals surface area contributed by atoms with E-state index in [1.807, 2.05) is 63.2 Å². The third kappa shape index (κ3) is 6.87. The number of hydrogen-bond donors (Lipinski definition) is 3. The summed E-state index contributed by atoms with van der Waals surface area (Å²) in [5, 5.41) is 24.1. The molecule has 2 aromatic carbocycles. The third-order valence-electron chi connectivity index (χ3n) is 5.18. The molecule has 0 aliphatic rings. The predicted molar refractivity (Wildman–Crippen MR) is 117 cm³/mol. The first kappa shape index (κ1) is 22.9. The van der Waals surface area contributed by atoms with Crippen LogP contribution >= 0.6 is 0 Å². The highest BCUT2D eigenvalue weighted by Crippen LogP contribution is 2.22. The zero-order chi connectivity index (χ0) is 21.4. The third-order valence-corrected chi connectivity index (χ3v) is 5.18. The molecular formula is C24H34N2O3. The highest BCUT2D eigenvalue weighted by molar-refractivity contribution is 5.66. The molecule has 0 bridgehead atoms. The van der Waals surface area contributed by atoms with Gasteiger partial charge >= 0.3 is 6.09 Å². The Morgan fingerprint density at radius 1 is 1.07 bits per heavy atom. The molecule has 5 nitrogen and oxygen atoms in total. The van der Waals surface area contributed by atoms with Gasteiger partial charge < -0.3 is 15.5 Å². The number of nitrogens with zero attached hydrogens (tertiary/aromatic N) is 1. The van der Waals surface area contributed by atoms with Crippen LogP contribution in [0.2, 0.25) is 0 Å². The molecule has 5 heteroatoms. The fourth-order valence-electron chi connectivity index (χ4n) is 3.68.